The van der Waals surface area contributed by atoms with E-state index >= 15 is 0 Å². The molecule has 0 bridgehead atoms. The fraction of sp³-hybridized carbons (Fsp3) is 1.00. The molecule has 3 atom stereocenters. The van der Waals surface area contributed by atoms with Gasteiger partial charge in [-0.15, -0.1) is 0 Å². The summed E-state index contributed by atoms with van der Waals surface area (Å²) in [6.07, 6.45) is 3.14. The van der Waals surface area contributed by atoms with Crippen LogP contribution in [0.2, 0.25) is 0 Å². The molecule has 0 radical (unpaired) electrons. The van der Waals surface area contributed by atoms with E-state index < -0.39 is 10.2 Å². The molecule has 6 heteroatoms. The summed E-state index contributed by atoms with van der Waals surface area (Å²) in [6.45, 7) is 7.28. The monoisotopic (exact) mass is 275 g/mol. The third kappa shape index (κ3) is 3.44. The van der Waals surface area contributed by atoms with Crippen LogP contribution < -0.4 is 10.0 Å². The molecular formula is C12H25N3O2S. The van der Waals surface area contributed by atoms with Gasteiger partial charge in [0.1, 0.15) is 0 Å². The molecule has 2 saturated heterocycles. The van der Waals surface area contributed by atoms with Crippen LogP contribution in [0.5, 0.6) is 0 Å². The highest BCUT2D eigenvalue weighted by Crippen LogP contribution is 2.19. The standard InChI is InChI=1S/C12H25N3O2S/c1-10-4-3-7-15(9-10)18(16,17)14-12-8-13-6-5-11(12)2/h10-14H,3-9H2,1-2H3/t10-,11+,12-/m1/s1. The molecule has 0 aliphatic carbocycles. The van der Waals surface area contributed by atoms with Gasteiger partial charge in [-0.2, -0.15) is 17.4 Å². The summed E-state index contributed by atoms with van der Waals surface area (Å²) in [5.41, 5.74) is 0. The summed E-state index contributed by atoms with van der Waals surface area (Å²) < 4.78 is 29.1. The van der Waals surface area contributed by atoms with Gasteiger partial charge in [-0.25, -0.2) is 0 Å². The summed E-state index contributed by atoms with van der Waals surface area (Å²) in [6, 6.07) is 0.0287. The van der Waals surface area contributed by atoms with E-state index in [-0.39, 0.29) is 6.04 Å². The molecule has 2 fully saturated rings. The van der Waals surface area contributed by atoms with Crippen LogP contribution in [0.3, 0.4) is 0 Å². The Bertz CT molecular complexity index is 372. The summed E-state index contributed by atoms with van der Waals surface area (Å²) in [4.78, 5) is 0. The summed E-state index contributed by atoms with van der Waals surface area (Å²) in [7, 11) is -3.31. The summed E-state index contributed by atoms with van der Waals surface area (Å²) in [5.74, 6) is 0.875. The zero-order chi connectivity index (χ0) is 13.2. The largest absolute Gasteiger partial charge is 0.315 e. The average molecular weight is 275 g/mol. The minimum atomic E-state index is -3.31. The molecule has 0 saturated carbocycles. The van der Waals surface area contributed by atoms with E-state index in [1.54, 1.807) is 4.31 Å². The topological polar surface area (TPSA) is 61.4 Å². The highest BCUT2D eigenvalue weighted by molar-refractivity contribution is 7.87. The van der Waals surface area contributed by atoms with E-state index in [0.29, 0.717) is 24.9 Å². The van der Waals surface area contributed by atoms with E-state index in [0.717, 1.165) is 32.4 Å². The van der Waals surface area contributed by atoms with Crippen LogP contribution in [0, 0.1) is 11.8 Å². The molecule has 0 unspecified atom stereocenters. The van der Waals surface area contributed by atoms with Gasteiger partial charge in [-0.1, -0.05) is 13.8 Å². The van der Waals surface area contributed by atoms with Gasteiger partial charge >= 0.3 is 0 Å². The maximum atomic E-state index is 12.3. The van der Waals surface area contributed by atoms with E-state index in [2.05, 4.69) is 23.9 Å². The van der Waals surface area contributed by atoms with Gasteiger partial charge in [0.2, 0.25) is 0 Å². The molecule has 0 aromatic heterocycles. The van der Waals surface area contributed by atoms with Crippen molar-refractivity contribution in [2.45, 2.75) is 39.2 Å². The van der Waals surface area contributed by atoms with Crippen LogP contribution in [-0.4, -0.2) is 44.9 Å². The SMILES string of the molecule is C[C@@H]1CCCN(S(=O)(=O)N[C@@H]2CNCC[C@@H]2C)C1. The third-order valence-corrected chi connectivity index (χ3v) is 5.70. The first-order valence-corrected chi connectivity index (χ1v) is 8.41. The maximum absolute atomic E-state index is 12.3. The fourth-order valence-electron chi connectivity index (χ4n) is 2.78. The molecule has 2 aliphatic heterocycles. The number of piperidine rings is 2. The van der Waals surface area contributed by atoms with Crippen molar-refractivity contribution >= 4 is 10.2 Å². The highest BCUT2D eigenvalue weighted by atomic mass is 32.2. The predicted octanol–water partition coefficient (Wildman–Crippen LogP) is 0.551. The maximum Gasteiger partial charge on any atom is 0.279 e. The Morgan fingerprint density at radius 1 is 1.28 bits per heavy atom. The van der Waals surface area contributed by atoms with Crippen molar-refractivity contribution in [2.24, 2.45) is 11.8 Å². The van der Waals surface area contributed by atoms with Gasteiger partial charge in [0.15, 0.2) is 0 Å². The van der Waals surface area contributed by atoms with Crippen molar-refractivity contribution in [3.63, 3.8) is 0 Å². The molecule has 0 aromatic carbocycles. The van der Waals surface area contributed by atoms with E-state index in [9.17, 15) is 8.42 Å². The second-order valence-electron chi connectivity index (χ2n) is 5.80. The summed E-state index contributed by atoms with van der Waals surface area (Å²) >= 11 is 0. The van der Waals surface area contributed by atoms with Gasteiger partial charge in [-0.05, 0) is 37.6 Å². The van der Waals surface area contributed by atoms with Crippen LogP contribution in [0.15, 0.2) is 0 Å². The molecule has 0 spiro atoms. The van der Waals surface area contributed by atoms with Crippen molar-refractivity contribution in [1.82, 2.24) is 14.3 Å². The van der Waals surface area contributed by atoms with Crippen LogP contribution in [0.1, 0.15) is 33.1 Å². The molecule has 106 valence electrons. The lowest BCUT2D eigenvalue weighted by Gasteiger charge is -2.35. The van der Waals surface area contributed by atoms with Gasteiger partial charge in [0, 0.05) is 25.7 Å². The molecule has 0 amide bonds. The number of nitrogens with one attached hydrogen (secondary N) is 2. The second-order valence-corrected chi connectivity index (χ2v) is 7.51. The third-order valence-electron chi connectivity index (χ3n) is 4.09. The quantitative estimate of drug-likeness (QED) is 0.791. The lowest BCUT2D eigenvalue weighted by molar-refractivity contribution is 0.267. The molecule has 5 nitrogen and oxygen atoms in total. The molecule has 0 aromatic rings. The number of rotatable bonds is 3. The number of hydrogen-bond acceptors (Lipinski definition) is 3. The van der Waals surface area contributed by atoms with E-state index in [1.807, 2.05) is 0 Å². The average Bonchev–Trinajstić information content (AvgIpc) is 2.32. The van der Waals surface area contributed by atoms with Gasteiger partial charge in [0.25, 0.3) is 10.2 Å². The first-order chi connectivity index (χ1) is 8.49. The molecule has 2 aliphatic rings. The Balaban J connectivity index is 1.97. The Morgan fingerprint density at radius 3 is 2.72 bits per heavy atom. The predicted molar refractivity (Wildman–Crippen MR) is 72.5 cm³/mol. The minimum absolute atomic E-state index is 0.0287. The number of nitrogens with zero attached hydrogens (tertiary/aromatic N) is 1. The van der Waals surface area contributed by atoms with Gasteiger partial charge < -0.3 is 5.32 Å². The Labute approximate surface area is 110 Å². The van der Waals surface area contributed by atoms with Crippen LogP contribution >= 0.6 is 0 Å². The summed E-state index contributed by atoms with van der Waals surface area (Å²) in [5, 5.41) is 3.25. The van der Waals surface area contributed by atoms with Crippen LogP contribution in [-0.2, 0) is 10.2 Å². The fourth-order valence-corrected chi connectivity index (χ4v) is 4.45. The molecule has 18 heavy (non-hydrogen) atoms. The lowest BCUT2D eigenvalue weighted by Crippen LogP contribution is -2.55. The van der Waals surface area contributed by atoms with E-state index in [4.69, 9.17) is 0 Å². The van der Waals surface area contributed by atoms with Crippen molar-refractivity contribution in [1.29, 1.82) is 0 Å². The molecule has 2 rings (SSSR count). The van der Waals surface area contributed by atoms with Crippen molar-refractivity contribution < 1.29 is 8.42 Å². The van der Waals surface area contributed by atoms with Crippen molar-refractivity contribution in [3.05, 3.63) is 0 Å². The Hall–Kier alpha value is -0.170. The second kappa shape index (κ2) is 5.86. The van der Waals surface area contributed by atoms with Crippen LogP contribution in [0.25, 0.3) is 0 Å². The van der Waals surface area contributed by atoms with Gasteiger partial charge in [-0.3, -0.25) is 0 Å². The molecular weight excluding hydrogens is 250 g/mol. The zero-order valence-electron chi connectivity index (χ0n) is 11.4. The number of hydrogen-bond donors (Lipinski definition) is 2. The molecule has 2 heterocycles. The first-order valence-electron chi connectivity index (χ1n) is 6.97. The highest BCUT2D eigenvalue weighted by Gasteiger charge is 2.31. The first kappa shape index (κ1) is 14.2. The minimum Gasteiger partial charge on any atom is -0.315 e. The zero-order valence-corrected chi connectivity index (χ0v) is 12.2. The van der Waals surface area contributed by atoms with Crippen molar-refractivity contribution in [2.75, 3.05) is 26.2 Å². The smallest absolute Gasteiger partial charge is 0.279 e. The van der Waals surface area contributed by atoms with Crippen molar-refractivity contribution in [3.8, 4) is 0 Å². The Kier molecular flexibility index (Phi) is 4.64. The normalized spacial score (nSPS) is 35.6. The Morgan fingerprint density at radius 2 is 2.06 bits per heavy atom. The van der Waals surface area contributed by atoms with Gasteiger partial charge in [0.05, 0.1) is 0 Å². The van der Waals surface area contributed by atoms with Crippen LogP contribution in [0.4, 0.5) is 0 Å². The molecule has 2 N–H and O–H groups in total. The van der Waals surface area contributed by atoms with E-state index in [1.165, 1.54) is 0 Å². The lowest BCUT2D eigenvalue weighted by atomic mass is 9.96.